The number of nitrogens with one attached hydrogen (secondary N) is 1. The number of hydrogen-bond donors (Lipinski definition) is 1. The van der Waals surface area contributed by atoms with Crippen LogP contribution in [0.2, 0.25) is 0 Å². The molecule has 29 heavy (non-hydrogen) atoms. The molecule has 1 N–H and O–H groups in total. The molecular weight excluding hydrogens is 382 g/mol. The first kappa shape index (κ1) is 18.3. The van der Waals surface area contributed by atoms with Gasteiger partial charge in [-0.3, -0.25) is 9.69 Å². The van der Waals surface area contributed by atoms with Gasteiger partial charge < -0.3 is 9.73 Å². The first-order chi connectivity index (χ1) is 14.3. The summed E-state index contributed by atoms with van der Waals surface area (Å²) < 4.78 is 5.70. The molecule has 3 heterocycles. The molecule has 0 spiro atoms. The van der Waals surface area contributed by atoms with Crippen LogP contribution in [0.5, 0.6) is 0 Å². The van der Waals surface area contributed by atoms with Crippen molar-refractivity contribution >= 4 is 44.1 Å². The van der Waals surface area contributed by atoms with Gasteiger partial charge in [-0.25, -0.2) is 4.98 Å². The number of furan rings is 1. The first-order valence-electron chi connectivity index (χ1n) is 10.1. The van der Waals surface area contributed by atoms with Gasteiger partial charge in [0.1, 0.15) is 5.58 Å². The lowest BCUT2D eigenvalue weighted by Crippen LogP contribution is -2.29. The third-order valence-corrected chi connectivity index (χ3v) is 6.33. The molecule has 6 heteroatoms. The van der Waals surface area contributed by atoms with Gasteiger partial charge in [0.05, 0.1) is 18.4 Å². The van der Waals surface area contributed by atoms with Gasteiger partial charge >= 0.3 is 0 Å². The van der Waals surface area contributed by atoms with Crippen LogP contribution in [0.25, 0.3) is 21.7 Å². The largest absolute Gasteiger partial charge is 0.464 e. The molecule has 5 rings (SSSR count). The lowest BCUT2D eigenvalue weighted by molar-refractivity contribution is -0.115. The molecule has 1 aliphatic heterocycles. The molecule has 1 amide bonds. The van der Waals surface area contributed by atoms with Crippen LogP contribution in [-0.2, 0) is 17.8 Å². The molecule has 0 atom stereocenters. The van der Waals surface area contributed by atoms with Gasteiger partial charge in [0.15, 0.2) is 5.13 Å². The van der Waals surface area contributed by atoms with E-state index >= 15 is 0 Å². The van der Waals surface area contributed by atoms with E-state index < -0.39 is 0 Å². The van der Waals surface area contributed by atoms with Crippen molar-refractivity contribution in [3.8, 4) is 0 Å². The van der Waals surface area contributed by atoms with Gasteiger partial charge in [-0.15, -0.1) is 11.3 Å². The molecule has 5 nitrogen and oxygen atoms in total. The van der Waals surface area contributed by atoms with E-state index in [4.69, 9.17) is 4.42 Å². The van der Waals surface area contributed by atoms with Crippen molar-refractivity contribution in [1.82, 2.24) is 9.88 Å². The normalized spacial score (nSPS) is 15.2. The second kappa shape index (κ2) is 7.97. The number of thiazole rings is 1. The van der Waals surface area contributed by atoms with Gasteiger partial charge in [0.25, 0.3) is 0 Å². The Morgan fingerprint density at radius 3 is 2.90 bits per heavy atom. The lowest BCUT2D eigenvalue weighted by atomic mass is 10.0. The summed E-state index contributed by atoms with van der Waals surface area (Å²) in [6.45, 7) is 3.15. The molecule has 148 valence electrons. The number of carbonyl (C=O) groups excluding carboxylic acids is 1. The number of hydrogen-bond acceptors (Lipinski definition) is 5. The minimum Gasteiger partial charge on any atom is -0.464 e. The number of nitrogens with zero attached hydrogens (tertiary/aromatic N) is 2. The predicted molar refractivity (Wildman–Crippen MR) is 117 cm³/mol. The van der Waals surface area contributed by atoms with E-state index in [-0.39, 0.29) is 12.3 Å². The number of carbonyl (C=O) groups is 1. The zero-order valence-electron chi connectivity index (χ0n) is 16.2. The van der Waals surface area contributed by atoms with Crippen molar-refractivity contribution in [2.75, 3.05) is 18.4 Å². The quantitative estimate of drug-likeness (QED) is 0.495. The fraction of sp³-hybridized carbons (Fsp3) is 0.304. The van der Waals surface area contributed by atoms with Crippen molar-refractivity contribution in [2.24, 2.45) is 0 Å². The highest BCUT2D eigenvalue weighted by molar-refractivity contribution is 7.13. The maximum atomic E-state index is 12.7. The number of amides is 1. The topological polar surface area (TPSA) is 58.4 Å². The summed E-state index contributed by atoms with van der Waals surface area (Å²) in [5.74, 6) is -0.0699. The van der Waals surface area contributed by atoms with E-state index in [1.54, 1.807) is 6.26 Å². The second-order valence-electron chi connectivity index (χ2n) is 7.63. The molecule has 4 aromatic rings. The third kappa shape index (κ3) is 3.91. The Kier molecular flexibility index (Phi) is 5.04. The summed E-state index contributed by atoms with van der Waals surface area (Å²) in [7, 11) is 0. The smallest absolute Gasteiger partial charge is 0.230 e. The Morgan fingerprint density at radius 1 is 1.14 bits per heavy atom. The number of likely N-dealkylation sites (tertiary alicyclic amines) is 1. The Morgan fingerprint density at radius 2 is 2.00 bits per heavy atom. The molecule has 2 aromatic heterocycles. The molecule has 2 aromatic carbocycles. The van der Waals surface area contributed by atoms with E-state index in [2.05, 4.69) is 27.3 Å². The highest BCUT2D eigenvalue weighted by atomic mass is 32.1. The number of piperidine rings is 1. The SMILES string of the molecule is O=C(Cc1coc2ccc3ccccc3c12)Nc1nc(CN2CCCCC2)cs1. The fourth-order valence-corrected chi connectivity index (χ4v) is 4.84. The van der Waals surface area contributed by atoms with Gasteiger partial charge in [-0.05, 0) is 42.8 Å². The Balaban J connectivity index is 1.29. The highest BCUT2D eigenvalue weighted by Crippen LogP contribution is 2.30. The first-order valence-corrected chi connectivity index (χ1v) is 11.0. The third-order valence-electron chi connectivity index (χ3n) is 5.52. The molecule has 0 radical (unpaired) electrons. The average molecular weight is 406 g/mol. The van der Waals surface area contributed by atoms with E-state index in [0.29, 0.717) is 5.13 Å². The van der Waals surface area contributed by atoms with Crippen LogP contribution in [0.4, 0.5) is 5.13 Å². The van der Waals surface area contributed by atoms with Crippen LogP contribution in [0.3, 0.4) is 0 Å². The van der Waals surface area contributed by atoms with Crippen LogP contribution in [0, 0.1) is 0 Å². The molecule has 0 aliphatic carbocycles. The Labute approximate surface area is 173 Å². The summed E-state index contributed by atoms with van der Waals surface area (Å²) in [5.41, 5.74) is 2.75. The zero-order valence-corrected chi connectivity index (χ0v) is 17.0. The molecule has 1 aliphatic rings. The monoisotopic (exact) mass is 405 g/mol. The summed E-state index contributed by atoms with van der Waals surface area (Å²) >= 11 is 1.49. The van der Waals surface area contributed by atoms with E-state index in [0.717, 1.165) is 52.6 Å². The number of anilines is 1. The number of benzene rings is 2. The minimum atomic E-state index is -0.0699. The highest BCUT2D eigenvalue weighted by Gasteiger charge is 2.16. The predicted octanol–water partition coefficient (Wildman–Crippen LogP) is 5.21. The summed E-state index contributed by atoms with van der Waals surface area (Å²) in [6, 6.07) is 12.2. The molecule has 0 unspecified atom stereocenters. The van der Waals surface area contributed by atoms with Crippen molar-refractivity contribution in [2.45, 2.75) is 32.2 Å². The van der Waals surface area contributed by atoms with Crippen LogP contribution in [0.15, 0.2) is 52.5 Å². The zero-order chi connectivity index (χ0) is 19.6. The van der Waals surface area contributed by atoms with E-state index in [9.17, 15) is 4.79 Å². The van der Waals surface area contributed by atoms with Crippen LogP contribution < -0.4 is 5.32 Å². The minimum absolute atomic E-state index is 0.0699. The van der Waals surface area contributed by atoms with Crippen LogP contribution in [-0.4, -0.2) is 28.9 Å². The van der Waals surface area contributed by atoms with Gasteiger partial charge in [-0.2, -0.15) is 0 Å². The summed E-state index contributed by atoms with van der Waals surface area (Å²) in [4.78, 5) is 19.7. The molecule has 1 fully saturated rings. The lowest BCUT2D eigenvalue weighted by Gasteiger charge is -2.25. The molecule has 0 saturated carbocycles. The number of aromatic nitrogens is 1. The van der Waals surface area contributed by atoms with E-state index in [1.165, 1.54) is 30.6 Å². The number of rotatable bonds is 5. The fourth-order valence-electron chi connectivity index (χ4n) is 4.12. The molecule has 1 saturated heterocycles. The van der Waals surface area contributed by atoms with Gasteiger partial charge in [0.2, 0.25) is 5.91 Å². The van der Waals surface area contributed by atoms with Crippen molar-refractivity contribution < 1.29 is 9.21 Å². The maximum absolute atomic E-state index is 12.7. The Hall–Kier alpha value is -2.70. The Bertz CT molecular complexity index is 1160. The average Bonchev–Trinajstić information content (AvgIpc) is 3.35. The molecular formula is C23H23N3O2S. The van der Waals surface area contributed by atoms with Crippen molar-refractivity contribution in [1.29, 1.82) is 0 Å². The van der Waals surface area contributed by atoms with E-state index in [1.807, 2.05) is 29.6 Å². The molecule has 0 bridgehead atoms. The maximum Gasteiger partial charge on any atom is 0.230 e. The standard InChI is InChI=1S/C23H23N3O2S/c27-21(25-23-24-18(15-29-23)13-26-10-4-1-5-11-26)12-17-14-28-20-9-8-16-6-2-3-7-19(16)22(17)20/h2-3,6-9,14-15H,1,4-5,10-13H2,(H,24,25,27). The van der Waals surface area contributed by atoms with Crippen LogP contribution in [0.1, 0.15) is 30.5 Å². The van der Waals surface area contributed by atoms with Crippen molar-refractivity contribution in [3.63, 3.8) is 0 Å². The second-order valence-corrected chi connectivity index (χ2v) is 8.48. The summed E-state index contributed by atoms with van der Waals surface area (Å²) in [5, 5.41) is 8.94. The number of fused-ring (bicyclic) bond motifs is 3. The van der Waals surface area contributed by atoms with Crippen LogP contribution >= 0.6 is 11.3 Å². The summed E-state index contributed by atoms with van der Waals surface area (Å²) in [6.07, 6.45) is 5.82. The van der Waals surface area contributed by atoms with Gasteiger partial charge in [-0.1, -0.05) is 36.8 Å². The van der Waals surface area contributed by atoms with Gasteiger partial charge in [0, 0.05) is 22.9 Å². The van der Waals surface area contributed by atoms with Crippen molar-refractivity contribution in [3.05, 3.63) is 59.3 Å².